The van der Waals surface area contributed by atoms with Crippen molar-refractivity contribution in [3.63, 3.8) is 0 Å². The van der Waals surface area contributed by atoms with Gasteiger partial charge in [0.25, 0.3) is 0 Å². The zero-order valence-electron chi connectivity index (χ0n) is 24.0. The SMILES string of the molecule is COCCCN1CCOc2ccc(COC3CNCCC3c3ccc(OCCCOC4CCOCC4)cc3)cc21. The summed E-state index contributed by atoms with van der Waals surface area (Å²) in [6, 6.07) is 15.0. The van der Waals surface area contributed by atoms with Crippen molar-refractivity contribution in [2.24, 2.45) is 0 Å². The highest BCUT2D eigenvalue weighted by atomic mass is 16.5. The number of rotatable bonds is 14. The number of fused-ring (bicyclic) bond motifs is 1. The first kappa shape index (κ1) is 29.1. The number of piperidine rings is 1. The fourth-order valence-electron chi connectivity index (χ4n) is 5.78. The number of ether oxygens (including phenoxy) is 6. The first-order chi connectivity index (χ1) is 19.8. The van der Waals surface area contributed by atoms with Gasteiger partial charge in [0.05, 0.1) is 44.3 Å². The lowest BCUT2D eigenvalue weighted by Crippen LogP contribution is -2.41. The molecule has 8 nitrogen and oxygen atoms in total. The van der Waals surface area contributed by atoms with E-state index in [-0.39, 0.29) is 6.10 Å². The summed E-state index contributed by atoms with van der Waals surface area (Å²) in [5, 5.41) is 3.52. The number of nitrogens with one attached hydrogen (secondary N) is 1. The first-order valence-corrected chi connectivity index (χ1v) is 15.0. The van der Waals surface area contributed by atoms with E-state index in [4.69, 9.17) is 28.4 Å². The van der Waals surface area contributed by atoms with Gasteiger partial charge in [-0.1, -0.05) is 18.2 Å². The average molecular weight is 555 g/mol. The van der Waals surface area contributed by atoms with Crippen molar-refractivity contribution in [2.75, 3.05) is 77.8 Å². The Morgan fingerprint density at radius 3 is 2.65 bits per heavy atom. The summed E-state index contributed by atoms with van der Waals surface area (Å²) in [6.45, 7) is 8.83. The lowest BCUT2D eigenvalue weighted by molar-refractivity contribution is -0.0341. The van der Waals surface area contributed by atoms with Gasteiger partial charge in [0, 0.05) is 52.4 Å². The second-order valence-corrected chi connectivity index (χ2v) is 10.9. The van der Waals surface area contributed by atoms with E-state index in [1.165, 1.54) is 11.1 Å². The van der Waals surface area contributed by atoms with Crippen molar-refractivity contribution < 1.29 is 28.4 Å². The highest BCUT2D eigenvalue weighted by molar-refractivity contribution is 5.61. The van der Waals surface area contributed by atoms with Crippen LogP contribution in [-0.4, -0.2) is 85.1 Å². The first-order valence-electron chi connectivity index (χ1n) is 15.0. The maximum absolute atomic E-state index is 6.54. The minimum Gasteiger partial charge on any atom is -0.494 e. The van der Waals surface area contributed by atoms with Crippen LogP contribution in [0.25, 0.3) is 0 Å². The summed E-state index contributed by atoms with van der Waals surface area (Å²) in [6.07, 6.45) is 5.41. The number of benzene rings is 2. The number of hydrogen-bond donors (Lipinski definition) is 1. The van der Waals surface area contributed by atoms with Crippen molar-refractivity contribution in [1.29, 1.82) is 0 Å². The molecule has 2 aromatic rings. The molecule has 2 fully saturated rings. The van der Waals surface area contributed by atoms with Crippen molar-refractivity contribution >= 4 is 5.69 Å². The van der Waals surface area contributed by atoms with Crippen LogP contribution in [-0.2, 0) is 25.6 Å². The average Bonchev–Trinajstić information content (AvgIpc) is 3.01. The van der Waals surface area contributed by atoms with Gasteiger partial charge in [0.1, 0.15) is 18.1 Å². The molecule has 0 saturated carbocycles. The monoisotopic (exact) mass is 554 g/mol. The molecule has 3 aliphatic rings. The van der Waals surface area contributed by atoms with Crippen LogP contribution in [0.15, 0.2) is 42.5 Å². The van der Waals surface area contributed by atoms with Crippen LogP contribution in [0.2, 0.25) is 0 Å². The highest BCUT2D eigenvalue weighted by Crippen LogP contribution is 2.34. The summed E-state index contributed by atoms with van der Waals surface area (Å²) in [5.41, 5.74) is 3.65. The maximum Gasteiger partial charge on any atom is 0.142 e. The summed E-state index contributed by atoms with van der Waals surface area (Å²) in [4.78, 5) is 2.40. The fourth-order valence-corrected chi connectivity index (χ4v) is 5.78. The van der Waals surface area contributed by atoms with Gasteiger partial charge in [-0.05, 0) is 67.6 Å². The van der Waals surface area contributed by atoms with E-state index in [0.717, 1.165) is 109 Å². The van der Waals surface area contributed by atoms with Gasteiger partial charge >= 0.3 is 0 Å². The third kappa shape index (κ3) is 8.33. The molecule has 0 aromatic heterocycles. The van der Waals surface area contributed by atoms with Gasteiger partial charge in [-0.3, -0.25) is 0 Å². The second kappa shape index (κ2) is 15.6. The van der Waals surface area contributed by atoms with Gasteiger partial charge in [-0.15, -0.1) is 0 Å². The van der Waals surface area contributed by atoms with E-state index in [1.54, 1.807) is 7.11 Å². The van der Waals surface area contributed by atoms with Crippen LogP contribution in [0.3, 0.4) is 0 Å². The molecule has 220 valence electrons. The molecule has 0 radical (unpaired) electrons. The Bertz CT molecular complexity index is 1010. The van der Waals surface area contributed by atoms with E-state index in [1.807, 2.05) is 0 Å². The van der Waals surface area contributed by atoms with Gasteiger partial charge in [-0.25, -0.2) is 0 Å². The molecule has 2 saturated heterocycles. The topological polar surface area (TPSA) is 70.7 Å². The molecule has 2 aromatic carbocycles. The van der Waals surface area contributed by atoms with Crippen molar-refractivity contribution in [2.45, 2.75) is 56.8 Å². The molecule has 0 spiro atoms. The molecule has 5 rings (SSSR count). The van der Waals surface area contributed by atoms with E-state index < -0.39 is 0 Å². The predicted molar refractivity (Wildman–Crippen MR) is 156 cm³/mol. The normalized spacial score (nSPS) is 21.6. The number of methoxy groups -OCH3 is 1. The molecule has 0 bridgehead atoms. The molecule has 2 atom stereocenters. The minimum atomic E-state index is 0.118. The quantitative estimate of drug-likeness (QED) is 0.341. The van der Waals surface area contributed by atoms with Gasteiger partial charge in [0.2, 0.25) is 0 Å². The minimum absolute atomic E-state index is 0.118. The smallest absolute Gasteiger partial charge is 0.142 e. The van der Waals surface area contributed by atoms with Gasteiger partial charge in [0.15, 0.2) is 0 Å². The van der Waals surface area contributed by atoms with Gasteiger partial charge in [-0.2, -0.15) is 0 Å². The largest absolute Gasteiger partial charge is 0.494 e. The highest BCUT2D eigenvalue weighted by Gasteiger charge is 2.27. The Morgan fingerprint density at radius 2 is 1.80 bits per heavy atom. The standard InChI is InChI=1S/C32H46N2O6/c1-35-16-2-14-34-15-21-39-31-9-4-25(22-30(31)34)24-40-32-23-33-13-10-29(32)26-5-7-27(8-6-26)37-17-3-18-38-28-11-19-36-20-12-28/h4-9,22,28-29,32-33H,2-3,10-21,23-24H2,1H3. The second-order valence-electron chi connectivity index (χ2n) is 10.9. The molecule has 1 N–H and O–H groups in total. The molecule has 3 heterocycles. The van der Waals surface area contributed by atoms with Crippen LogP contribution in [0, 0.1) is 0 Å². The fraction of sp³-hybridized carbons (Fsp3) is 0.625. The predicted octanol–water partition coefficient (Wildman–Crippen LogP) is 4.55. The molecule has 0 aliphatic carbocycles. The molecule has 2 unspecified atom stereocenters. The Kier molecular flexibility index (Phi) is 11.4. The van der Waals surface area contributed by atoms with E-state index in [9.17, 15) is 0 Å². The molecular formula is C32H46N2O6. The van der Waals surface area contributed by atoms with Crippen LogP contribution in [0.4, 0.5) is 5.69 Å². The zero-order chi connectivity index (χ0) is 27.4. The Morgan fingerprint density at radius 1 is 0.925 bits per heavy atom. The van der Waals surface area contributed by atoms with Crippen molar-refractivity contribution in [3.05, 3.63) is 53.6 Å². The number of hydrogen-bond acceptors (Lipinski definition) is 8. The Labute approximate surface area is 239 Å². The van der Waals surface area contributed by atoms with Crippen LogP contribution >= 0.6 is 0 Å². The van der Waals surface area contributed by atoms with Crippen molar-refractivity contribution in [3.8, 4) is 11.5 Å². The third-order valence-corrected chi connectivity index (χ3v) is 8.04. The lowest BCUT2D eigenvalue weighted by atomic mass is 9.87. The Hall–Kier alpha value is -2.36. The zero-order valence-corrected chi connectivity index (χ0v) is 24.0. The molecule has 0 amide bonds. The molecule has 8 heteroatoms. The Balaban J connectivity index is 1.10. The van der Waals surface area contributed by atoms with Crippen LogP contribution < -0.4 is 19.7 Å². The van der Waals surface area contributed by atoms with Crippen molar-refractivity contribution in [1.82, 2.24) is 5.32 Å². The summed E-state index contributed by atoms with van der Waals surface area (Å²) < 4.78 is 35.0. The number of nitrogens with zero attached hydrogens (tertiary/aromatic N) is 1. The van der Waals surface area contributed by atoms with Gasteiger partial charge < -0.3 is 38.6 Å². The van der Waals surface area contributed by atoms with Crippen LogP contribution in [0.5, 0.6) is 11.5 Å². The molecule has 3 aliphatic heterocycles. The molecular weight excluding hydrogens is 508 g/mol. The van der Waals surface area contributed by atoms with E-state index in [2.05, 4.69) is 52.7 Å². The lowest BCUT2D eigenvalue weighted by Gasteiger charge is -2.33. The van der Waals surface area contributed by atoms with E-state index >= 15 is 0 Å². The molecule has 40 heavy (non-hydrogen) atoms. The maximum atomic E-state index is 6.54. The van der Waals surface area contributed by atoms with E-state index in [0.29, 0.717) is 25.2 Å². The van der Waals surface area contributed by atoms with Crippen LogP contribution in [0.1, 0.15) is 49.1 Å². The summed E-state index contributed by atoms with van der Waals surface area (Å²) in [7, 11) is 1.76. The summed E-state index contributed by atoms with van der Waals surface area (Å²) >= 11 is 0. The third-order valence-electron chi connectivity index (χ3n) is 8.04. The summed E-state index contributed by atoms with van der Waals surface area (Å²) in [5.74, 6) is 2.22. The number of anilines is 1.